The lowest BCUT2D eigenvalue weighted by Crippen LogP contribution is -2.29. The number of hydrogen-bond acceptors (Lipinski definition) is 0. The average molecular weight is 205 g/mol. The number of rotatable bonds is 0. The second-order valence-corrected chi connectivity index (χ2v) is 6.11. The van der Waals surface area contributed by atoms with Gasteiger partial charge in [0.1, 0.15) is 0 Å². The Labute approximate surface area is 93.5 Å². The van der Waals surface area contributed by atoms with Gasteiger partial charge in [-0.1, -0.05) is 20.8 Å². The molecule has 0 saturated carbocycles. The standard InChI is InChI=1S/C14H23N/c1-10-8-13-9-12(14(3,4)5)6-7-15(13)11(10)2/h8,12H,6-7,9H2,1-5H3. The zero-order valence-electron chi connectivity index (χ0n) is 10.7. The normalized spacial score (nSPS) is 21.5. The zero-order chi connectivity index (χ0) is 11.2. The van der Waals surface area contributed by atoms with Crippen molar-refractivity contribution < 1.29 is 0 Å². The molecule has 2 rings (SSSR count). The quantitative estimate of drug-likeness (QED) is 0.608. The fourth-order valence-electron chi connectivity index (χ4n) is 2.72. The highest BCUT2D eigenvalue weighted by Gasteiger charge is 2.29. The van der Waals surface area contributed by atoms with Crippen molar-refractivity contribution in [1.82, 2.24) is 4.57 Å². The Hall–Kier alpha value is -0.720. The molecular formula is C14H23N. The van der Waals surface area contributed by atoms with Crippen molar-refractivity contribution in [2.45, 2.75) is 54.0 Å². The van der Waals surface area contributed by atoms with Crippen LogP contribution in [0.2, 0.25) is 0 Å². The highest BCUT2D eigenvalue weighted by atomic mass is 15.0. The third-order valence-corrected chi connectivity index (χ3v) is 4.09. The minimum absolute atomic E-state index is 0.456. The van der Waals surface area contributed by atoms with Gasteiger partial charge in [-0.05, 0) is 49.7 Å². The number of hydrogen-bond donors (Lipinski definition) is 0. The SMILES string of the molecule is Cc1cc2n(c1C)CCC(C(C)(C)C)C2. The third kappa shape index (κ3) is 1.84. The van der Waals surface area contributed by atoms with Crippen LogP contribution in [0.15, 0.2) is 6.07 Å². The van der Waals surface area contributed by atoms with Crippen molar-refractivity contribution in [2.24, 2.45) is 11.3 Å². The van der Waals surface area contributed by atoms with Gasteiger partial charge in [0, 0.05) is 17.9 Å². The van der Waals surface area contributed by atoms with E-state index in [-0.39, 0.29) is 0 Å². The maximum Gasteiger partial charge on any atom is 0.0227 e. The van der Waals surface area contributed by atoms with Gasteiger partial charge in [-0.15, -0.1) is 0 Å². The van der Waals surface area contributed by atoms with Gasteiger partial charge in [0.25, 0.3) is 0 Å². The Kier molecular flexibility index (Phi) is 2.44. The fraction of sp³-hybridized carbons (Fsp3) is 0.714. The van der Waals surface area contributed by atoms with Gasteiger partial charge < -0.3 is 4.57 Å². The summed E-state index contributed by atoms with van der Waals surface area (Å²) in [5, 5.41) is 0. The van der Waals surface area contributed by atoms with Gasteiger partial charge in [-0.25, -0.2) is 0 Å². The molecule has 0 amide bonds. The Morgan fingerprint density at radius 3 is 2.53 bits per heavy atom. The molecule has 0 aliphatic carbocycles. The summed E-state index contributed by atoms with van der Waals surface area (Å²) < 4.78 is 2.51. The first-order valence-corrected chi connectivity index (χ1v) is 6.05. The fourth-order valence-corrected chi connectivity index (χ4v) is 2.72. The summed E-state index contributed by atoms with van der Waals surface area (Å²) in [7, 11) is 0. The van der Waals surface area contributed by atoms with Crippen LogP contribution in [0.1, 0.15) is 44.1 Å². The molecule has 0 radical (unpaired) electrons. The van der Waals surface area contributed by atoms with Gasteiger partial charge in [0.2, 0.25) is 0 Å². The maximum absolute atomic E-state index is 2.51. The molecule has 0 N–H and O–H groups in total. The molecule has 1 atom stereocenters. The van der Waals surface area contributed by atoms with E-state index in [4.69, 9.17) is 0 Å². The summed E-state index contributed by atoms with van der Waals surface area (Å²) in [6.45, 7) is 12.8. The lowest BCUT2D eigenvalue weighted by atomic mass is 9.75. The maximum atomic E-state index is 2.51. The van der Waals surface area contributed by atoms with E-state index in [0.717, 1.165) is 5.92 Å². The van der Waals surface area contributed by atoms with E-state index in [1.54, 1.807) is 5.69 Å². The second-order valence-electron chi connectivity index (χ2n) is 6.11. The number of fused-ring (bicyclic) bond motifs is 1. The van der Waals surface area contributed by atoms with Crippen molar-refractivity contribution in [3.05, 3.63) is 23.0 Å². The first-order valence-electron chi connectivity index (χ1n) is 6.05. The first kappa shape index (κ1) is 10.8. The lowest BCUT2D eigenvalue weighted by Gasteiger charge is -2.35. The molecular weight excluding hydrogens is 182 g/mol. The van der Waals surface area contributed by atoms with Gasteiger partial charge in [0.15, 0.2) is 0 Å². The van der Waals surface area contributed by atoms with Crippen LogP contribution in [0, 0.1) is 25.2 Å². The van der Waals surface area contributed by atoms with Crippen LogP contribution in [0.25, 0.3) is 0 Å². The summed E-state index contributed by atoms with van der Waals surface area (Å²) in [4.78, 5) is 0. The van der Waals surface area contributed by atoms with Crippen LogP contribution in [-0.2, 0) is 13.0 Å². The molecule has 0 saturated heterocycles. The zero-order valence-corrected chi connectivity index (χ0v) is 10.7. The third-order valence-electron chi connectivity index (χ3n) is 4.09. The van der Waals surface area contributed by atoms with E-state index >= 15 is 0 Å². The van der Waals surface area contributed by atoms with E-state index in [2.05, 4.69) is 45.3 Å². The minimum Gasteiger partial charge on any atom is -0.349 e. The Morgan fingerprint density at radius 2 is 1.93 bits per heavy atom. The van der Waals surface area contributed by atoms with Crippen molar-refractivity contribution >= 4 is 0 Å². The highest BCUT2D eigenvalue weighted by molar-refractivity contribution is 5.27. The van der Waals surface area contributed by atoms with Crippen LogP contribution in [-0.4, -0.2) is 4.57 Å². The van der Waals surface area contributed by atoms with Crippen molar-refractivity contribution in [3.8, 4) is 0 Å². The number of aromatic nitrogens is 1. The van der Waals surface area contributed by atoms with Crippen molar-refractivity contribution in [2.75, 3.05) is 0 Å². The molecule has 0 aromatic carbocycles. The largest absolute Gasteiger partial charge is 0.349 e. The Morgan fingerprint density at radius 1 is 1.27 bits per heavy atom. The summed E-state index contributed by atoms with van der Waals surface area (Å²) >= 11 is 0. The molecule has 15 heavy (non-hydrogen) atoms. The van der Waals surface area contributed by atoms with Crippen LogP contribution in [0.3, 0.4) is 0 Å². The van der Waals surface area contributed by atoms with Crippen LogP contribution >= 0.6 is 0 Å². The molecule has 0 spiro atoms. The van der Waals surface area contributed by atoms with Gasteiger partial charge in [-0.3, -0.25) is 0 Å². The van der Waals surface area contributed by atoms with Gasteiger partial charge in [-0.2, -0.15) is 0 Å². The molecule has 1 unspecified atom stereocenters. The van der Waals surface area contributed by atoms with Crippen molar-refractivity contribution in [3.63, 3.8) is 0 Å². The summed E-state index contributed by atoms with van der Waals surface area (Å²) in [5.41, 5.74) is 4.94. The topological polar surface area (TPSA) is 4.93 Å². The Balaban J connectivity index is 2.28. The van der Waals surface area contributed by atoms with E-state index in [1.165, 1.54) is 30.6 Å². The van der Waals surface area contributed by atoms with Gasteiger partial charge in [0.05, 0.1) is 0 Å². The van der Waals surface area contributed by atoms with Crippen LogP contribution < -0.4 is 0 Å². The Bertz CT molecular complexity index is 365. The molecule has 84 valence electrons. The number of nitrogens with zero attached hydrogens (tertiary/aromatic N) is 1. The monoisotopic (exact) mass is 205 g/mol. The molecule has 1 aromatic heterocycles. The predicted molar refractivity (Wildman–Crippen MR) is 65.2 cm³/mol. The molecule has 0 fully saturated rings. The number of aryl methyl sites for hydroxylation is 1. The molecule has 1 nitrogen and oxygen atoms in total. The van der Waals surface area contributed by atoms with E-state index < -0.39 is 0 Å². The van der Waals surface area contributed by atoms with E-state index in [0.29, 0.717) is 5.41 Å². The van der Waals surface area contributed by atoms with Crippen LogP contribution in [0.5, 0.6) is 0 Å². The van der Waals surface area contributed by atoms with Gasteiger partial charge >= 0.3 is 0 Å². The molecule has 2 heterocycles. The summed E-state index contributed by atoms with van der Waals surface area (Å²) in [5.74, 6) is 0.846. The molecule has 0 bridgehead atoms. The van der Waals surface area contributed by atoms with E-state index in [9.17, 15) is 0 Å². The molecule has 1 heteroatoms. The summed E-state index contributed by atoms with van der Waals surface area (Å²) in [6, 6.07) is 2.38. The first-order chi connectivity index (χ1) is 6.89. The highest BCUT2D eigenvalue weighted by Crippen LogP contribution is 2.36. The van der Waals surface area contributed by atoms with E-state index in [1.807, 2.05) is 0 Å². The average Bonchev–Trinajstić information content (AvgIpc) is 2.41. The minimum atomic E-state index is 0.456. The molecule has 1 aromatic rings. The second kappa shape index (κ2) is 3.40. The van der Waals surface area contributed by atoms with Crippen molar-refractivity contribution in [1.29, 1.82) is 0 Å². The predicted octanol–water partition coefficient (Wildman–Crippen LogP) is 3.71. The smallest absolute Gasteiger partial charge is 0.0227 e. The lowest BCUT2D eigenvalue weighted by molar-refractivity contribution is 0.195. The molecule has 1 aliphatic rings. The summed E-state index contributed by atoms with van der Waals surface area (Å²) in [6.07, 6.45) is 2.60. The molecule has 1 aliphatic heterocycles. The van der Waals surface area contributed by atoms with Crippen LogP contribution in [0.4, 0.5) is 0 Å².